The van der Waals surface area contributed by atoms with Crippen LogP contribution in [0.25, 0.3) is 0 Å². The summed E-state index contributed by atoms with van der Waals surface area (Å²) >= 11 is 0. The van der Waals surface area contributed by atoms with Crippen LogP contribution in [0, 0.1) is 28.6 Å². The van der Waals surface area contributed by atoms with Crippen LogP contribution in [0.4, 0.5) is 0 Å². The zero-order valence-corrected chi connectivity index (χ0v) is 10.9. The minimum absolute atomic E-state index is 0.137. The predicted molar refractivity (Wildman–Crippen MR) is 66.0 cm³/mol. The van der Waals surface area contributed by atoms with E-state index in [2.05, 4.69) is 15.8 Å². The third-order valence-electron chi connectivity index (χ3n) is 3.15. The molecule has 1 aromatic heterocycles. The third-order valence-corrected chi connectivity index (χ3v) is 4.68. The van der Waals surface area contributed by atoms with E-state index in [-0.39, 0.29) is 22.5 Å². The van der Waals surface area contributed by atoms with E-state index in [1.807, 2.05) is 0 Å². The highest BCUT2D eigenvalue weighted by atomic mass is 32.2. The summed E-state index contributed by atoms with van der Waals surface area (Å²) in [5.41, 5.74) is -0.137. The molecule has 2 atom stereocenters. The number of hydrogen-bond acceptors (Lipinski definition) is 5. The van der Waals surface area contributed by atoms with E-state index in [0.29, 0.717) is 12.8 Å². The SMILES string of the molecule is N#Cc1ncccc1S(=O)(=O)NC1CCCC1C#N. The second-order valence-corrected chi connectivity index (χ2v) is 6.04. The summed E-state index contributed by atoms with van der Waals surface area (Å²) in [6.07, 6.45) is 3.52. The van der Waals surface area contributed by atoms with Gasteiger partial charge >= 0.3 is 0 Å². The molecule has 1 N–H and O–H groups in total. The van der Waals surface area contributed by atoms with Crippen LogP contribution in [0.1, 0.15) is 25.0 Å². The largest absolute Gasteiger partial charge is 0.244 e. The first kappa shape index (κ1) is 13.5. The van der Waals surface area contributed by atoms with E-state index < -0.39 is 10.0 Å². The molecule has 98 valence electrons. The highest BCUT2D eigenvalue weighted by molar-refractivity contribution is 7.89. The van der Waals surface area contributed by atoms with Crippen LogP contribution in [0.5, 0.6) is 0 Å². The Morgan fingerprint density at radius 1 is 1.37 bits per heavy atom. The first-order chi connectivity index (χ1) is 9.08. The summed E-state index contributed by atoms with van der Waals surface area (Å²) in [5, 5.41) is 17.8. The minimum atomic E-state index is -3.82. The van der Waals surface area contributed by atoms with Crippen LogP contribution in [-0.2, 0) is 10.0 Å². The van der Waals surface area contributed by atoms with Gasteiger partial charge in [0.05, 0.1) is 12.0 Å². The van der Waals surface area contributed by atoms with Crippen molar-refractivity contribution in [1.82, 2.24) is 9.71 Å². The fourth-order valence-corrected chi connectivity index (χ4v) is 3.63. The van der Waals surface area contributed by atoms with Crippen LogP contribution in [0.3, 0.4) is 0 Å². The minimum Gasteiger partial charge on any atom is -0.244 e. The lowest BCUT2D eigenvalue weighted by atomic mass is 10.1. The maximum Gasteiger partial charge on any atom is 0.243 e. The van der Waals surface area contributed by atoms with Crippen molar-refractivity contribution in [3.8, 4) is 12.1 Å². The van der Waals surface area contributed by atoms with E-state index in [1.165, 1.54) is 18.3 Å². The molecular formula is C12H12N4O2S. The molecule has 7 heteroatoms. The molecule has 1 heterocycles. The molecule has 0 spiro atoms. The van der Waals surface area contributed by atoms with Gasteiger partial charge in [-0.15, -0.1) is 0 Å². The Balaban J connectivity index is 2.29. The Bertz CT molecular complexity index is 657. The molecule has 1 aliphatic carbocycles. The van der Waals surface area contributed by atoms with Crippen LogP contribution >= 0.6 is 0 Å². The predicted octanol–water partition coefficient (Wildman–Crippen LogP) is 0.924. The first-order valence-electron chi connectivity index (χ1n) is 5.85. The van der Waals surface area contributed by atoms with Crippen LogP contribution < -0.4 is 4.72 Å². The molecule has 0 aliphatic heterocycles. The molecule has 2 unspecified atom stereocenters. The van der Waals surface area contributed by atoms with Gasteiger partial charge in [-0.05, 0) is 25.0 Å². The van der Waals surface area contributed by atoms with Crippen molar-refractivity contribution in [3.63, 3.8) is 0 Å². The summed E-state index contributed by atoms with van der Waals surface area (Å²) in [6, 6.07) is 6.28. The van der Waals surface area contributed by atoms with Gasteiger partial charge in [-0.3, -0.25) is 0 Å². The van der Waals surface area contributed by atoms with Gasteiger partial charge in [0, 0.05) is 12.2 Å². The normalized spacial score (nSPS) is 22.6. The standard InChI is InChI=1S/C12H12N4O2S/c13-7-9-3-1-4-10(9)16-19(17,18)12-5-2-6-15-11(12)8-14/h2,5-6,9-10,16H,1,3-4H2. The van der Waals surface area contributed by atoms with Crippen molar-refractivity contribution in [2.24, 2.45) is 5.92 Å². The van der Waals surface area contributed by atoms with Gasteiger partial charge in [0.2, 0.25) is 10.0 Å². The molecule has 1 aliphatic rings. The molecule has 1 fully saturated rings. The number of hydrogen-bond donors (Lipinski definition) is 1. The molecule has 0 bridgehead atoms. The second kappa shape index (κ2) is 5.35. The van der Waals surface area contributed by atoms with Crippen molar-refractivity contribution in [3.05, 3.63) is 24.0 Å². The lowest BCUT2D eigenvalue weighted by Gasteiger charge is -2.15. The quantitative estimate of drug-likeness (QED) is 0.883. The molecule has 0 aromatic carbocycles. The number of sulfonamides is 1. The van der Waals surface area contributed by atoms with E-state index in [9.17, 15) is 8.42 Å². The summed E-state index contributed by atoms with van der Waals surface area (Å²) in [4.78, 5) is 3.59. The van der Waals surface area contributed by atoms with Gasteiger partial charge in [-0.2, -0.15) is 10.5 Å². The van der Waals surface area contributed by atoms with Crippen molar-refractivity contribution in [1.29, 1.82) is 10.5 Å². The molecular weight excluding hydrogens is 264 g/mol. The van der Waals surface area contributed by atoms with E-state index >= 15 is 0 Å². The maximum absolute atomic E-state index is 12.2. The summed E-state index contributed by atoms with van der Waals surface area (Å²) in [5.74, 6) is -0.308. The fraction of sp³-hybridized carbons (Fsp3) is 0.417. The Morgan fingerprint density at radius 2 is 2.16 bits per heavy atom. The van der Waals surface area contributed by atoms with E-state index in [0.717, 1.165) is 6.42 Å². The van der Waals surface area contributed by atoms with Crippen molar-refractivity contribution < 1.29 is 8.42 Å². The van der Waals surface area contributed by atoms with Crippen LogP contribution in [0.2, 0.25) is 0 Å². The van der Waals surface area contributed by atoms with Gasteiger partial charge in [0.15, 0.2) is 5.69 Å². The highest BCUT2D eigenvalue weighted by Gasteiger charge is 2.32. The smallest absolute Gasteiger partial charge is 0.243 e. The number of nitrogens with zero attached hydrogens (tertiary/aromatic N) is 3. The first-order valence-corrected chi connectivity index (χ1v) is 7.34. The highest BCUT2D eigenvalue weighted by Crippen LogP contribution is 2.26. The fourth-order valence-electron chi connectivity index (χ4n) is 2.21. The summed E-state index contributed by atoms with van der Waals surface area (Å²) in [6.45, 7) is 0. The number of nitrogens with one attached hydrogen (secondary N) is 1. The Hall–Kier alpha value is -1.96. The number of aromatic nitrogens is 1. The number of rotatable bonds is 3. The molecule has 0 saturated heterocycles. The van der Waals surface area contributed by atoms with Gasteiger partial charge in [-0.25, -0.2) is 18.1 Å². The monoisotopic (exact) mass is 276 g/mol. The zero-order chi connectivity index (χ0) is 13.9. The van der Waals surface area contributed by atoms with Crippen molar-refractivity contribution in [2.45, 2.75) is 30.2 Å². The van der Waals surface area contributed by atoms with E-state index in [1.54, 1.807) is 6.07 Å². The van der Waals surface area contributed by atoms with Crippen molar-refractivity contribution in [2.75, 3.05) is 0 Å². The Kier molecular flexibility index (Phi) is 3.79. The summed E-state index contributed by atoms with van der Waals surface area (Å²) < 4.78 is 26.9. The Labute approximate surface area is 111 Å². The molecule has 1 aromatic rings. The Morgan fingerprint density at radius 3 is 2.84 bits per heavy atom. The van der Waals surface area contributed by atoms with E-state index in [4.69, 9.17) is 10.5 Å². The van der Waals surface area contributed by atoms with Gasteiger partial charge in [0.1, 0.15) is 11.0 Å². The van der Waals surface area contributed by atoms with Crippen LogP contribution in [-0.4, -0.2) is 19.4 Å². The number of pyridine rings is 1. The molecule has 0 amide bonds. The second-order valence-electron chi connectivity index (χ2n) is 4.36. The van der Waals surface area contributed by atoms with Gasteiger partial charge < -0.3 is 0 Å². The average Bonchev–Trinajstić information content (AvgIpc) is 2.85. The maximum atomic E-state index is 12.2. The van der Waals surface area contributed by atoms with Crippen molar-refractivity contribution >= 4 is 10.0 Å². The molecule has 6 nitrogen and oxygen atoms in total. The molecule has 2 rings (SSSR count). The summed E-state index contributed by atoms with van der Waals surface area (Å²) in [7, 11) is -3.82. The zero-order valence-electron chi connectivity index (χ0n) is 10.1. The molecule has 1 saturated carbocycles. The number of nitriles is 2. The third kappa shape index (κ3) is 2.73. The van der Waals surface area contributed by atoms with Crippen LogP contribution in [0.15, 0.2) is 23.2 Å². The topological polar surface area (TPSA) is 107 Å². The van der Waals surface area contributed by atoms with Gasteiger partial charge in [-0.1, -0.05) is 6.42 Å². The molecule has 0 radical (unpaired) electrons. The lowest BCUT2D eigenvalue weighted by molar-refractivity contribution is 0.515. The van der Waals surface area contributed by atoms with Gasteiger partial charge in [0.25, 0.3) is 0 Å². The molecule has 19 heavy (non-hydrogen) atoms. The average molecular weight is 276 g/mol. The lowest BCUT2D eigenvalue weighted by Crippen LogP contribution is -2.37.